The molecule has 4 amide bonds. The molecule has 2 heterocycles. The number of hydrogen-bond donors (Lipinski definition) is 3. The van der Waals surface area contributed by atoms with Crippen molar-refractivity contribution in [3.8, 4) is 0 Å². The van der Waals surface area contributed by atoms with Crippen LogP contribution in [0.15, 0.2) is 18.2 Å². The number of piperidine rings is 1. The molecule has 0 spiro atoms. The third kappa shape index (κ3) is 3.45. The third-order valence-corrected chi connectivity index (χ3v) is 5.81. The largest absolute Gasteiger partial charge is 0.328 e. The lowest BCUT2D eigenvalue weighted by molar-refractivity contribution is -0.136. The molecular formula is C20H24N4O4. The van der Waals surface area contributed by atoms with Crippen molar-refractivity contribution in [1.29, 1.82) is 0 Å². The van der Waals surface area contributed by atoms with Crippen LogP contribution in [0.3, 0.4) is 0 Å². The molecule has 1 saturated heterocycles. The monoisotopic (exact) mass is 384 g/mol. The predicted octanol–water partition coefficient (Wildman–Crippen LogP) is 0.447. The molecule has 0 bridgehead atoms. The second kappa shape index (κ2) is 7.44. The fourth-order valence-electron chi connectivity index (χ4n) is 4.30. The number of amides is 4. The lowest BCUT2D eigenvalue weighted by Gasteiger charge is -2.27. The molecule has 1 saturated carbocycles. The Kier molecular flexibility index (Phi) is 4.99. The van der Waals surface area contributed by atoms with Gasteiger partial charge in [0.15, 0.2) is 0 Å². The molecule has 3 atom stereocenters. The Bertz CT molecular complexity index is 853. The van der Waals surface area contributed by atoms with Gasteiger partial charge in [-0.3, -0.25) is 29.4 Å². The van der Waals surface area contributed by atoms with Crippen LogP contribution >= 0.6 is 0 Å². The van der Waals surface area contributed by atoms with Crippen molar-refractivity contribution in [2.75, 3.05) is 0 Å². The molecule has 148 valence electrons. The number of carbonyl (C=O) groups is 4. The fourth-order valence-corrected chi connectivity index (χ4v) is 4.30. The third-order valence-electron chi connectivity index (χ3n) is 5.81. The first-order valence-electron chi connectivity index (χ1n) is 9.77. The summed E-state index contributed by atoms with van der Waals surface area (Å²) in [5.41, 5.74) is 7.55. The maximum Gasteiger partial charge on any atom is 0.262 e. The van der Waals surface area contributed by atoms with Crippen LogP contribution in [0, 0.1) is 0 Å². The minimum atomic E-state index is -0.935. The van der Waals surface area contributed by atoms with E-state index >= 15 is 0 Å². The van der Waals surface area contributed by atoms with E-state index in [2.05, 4.69) is 10.6 Å². The summed E-state index contributed by atoms with van der Waals surface area (Å²) in [5, 5.41) is 5.68. The van der Waals surface area contributed by atoms with E-state index in [0.717, 1.165) is 36.1 Å². The second-order valence-corrected chi connectivity index (χ2v) is 7.83. The van der Waals surface area contributed by atoms with Gasteiger partial charge in [-0.2, -0.15) is 0 Å². The Labute approximate surface area is 162 Å². The Morgan fingerprint density at radius 1 is 1.07 bits per heavy atom. The summed E-state index contributed by atoms with van der Waals surface area (Å²) in [5.74, 6) is -1.93. The molecule has 28 heavy (non-hydrogen) atoms. The second-order valence-electron chi connectivity index (χ2n) is 7.83. The Morgan fingerprint density at radius 3 is 2.61 bits per heavy atom. The molecule has 1 aromatic rings. The van der Waals surface area contributed by atoms with Crippen molar-refractivity contribution in [2.24, 2.45) is 5.73 Å². The number of benzene rings is 1. The number of nitrogens with zero attached hydrogens (tertiary/aromatic N) is 1. The number of fused-ring (bicyclic) bond motifs is 1. The van der Waals surface area contributed by atoms with Gasteiger partial charge in [0.05, 0.1) is 11.1 Å². The standard InChI is InChI=1S/C20H24N4O4/c21-12-2-1-3-13(9-12)22-10-11-4-5-14-15(8-11)20(28)24(19(14)27)16-6-7-17(25)23-18(16)26/h4-5,8,12-13,16,22H,1-3,6-7,9-10,21H2,(H,23,25,26)/t12-,13-,16?/m1/s1. The summed E-state index contributed by atoms with van der Waals surface area (Å²) in [7, 11) is 0. The van der Waals surface area contributed by atoms with E-state index < -0.39 is 23.8 Å². The summed E-state index contributed by atoms with van der Waals surface area (Å²) in [6.07, 6.45) is 4.46. The van der Waals surface area contributed by atoms with E-state index in [1.807, 2.05) is 6.07 Å². The summed E-state index contributed by atoms with van der Waals surface area (Å²) in [6.45, 7) is 0.588. The van der Waals surface area contributed by atoms with Gasteiger partial charge in [0.1, 0.15) is 6.04 Å². The highest BCUT2D eigenvalue weighted by Gasteiger charge is 2.44. The smallest absolute Gasteiger partial charge is 0.262 e. The molecule has 4 N–H and O–H groups in total. The zero-order valence-electron chi connectivity index (χ0n) is 15.6. The molecule has 2 aliphatic heterocycles. The van der Waals surface area contributed by atoms with Gasteiger partial charge in [0, 0.05) is 25.0 Å². The molecule has 8 heteroatoms. The van der Waals surface area contributed by atoms with Gasteiger partial charge in [0.2, 0.25) is 11.8 Å². The van der Waals surface area contributed by atoms with Crippen LogP contribution in [0.5, 0.6) is 0 Å². The zero-order valence-corrected chi connectivity index (χ0v) is 15.6. The maximum atomic E-state index is 12.8. The number of nitrogens with two attached hydrogens (primary N) is 1. The number of carbonyl (C=O) groups excluding carboxylic acids is 4. The highest BCUT2D eigenvalue weighted by Crippen LogP contribution is 2.28. The van der Waals surface area contributed by atoms with Crippen molar-refractivity contribution < 1.29 is 19.2 Å². The molecule has 1 aromatic carbocycles. The number of rotatable bonds is 4. The quantitative estimate of drug-likeness (QED) is 0.648. The minimum Gasteiger partial charge on any atom is -0.328 e. The number of imide groups is 2. The van der Waals surface area contributed by atoms with E-state index in [1.165, 1.54) is 0 Å². The van der Waals surface area contributed by atoms with Crippen molar-refractivity contribution >= 4 is 23.6 Å². The van der Waals surface area contributed by atoms with E-state index in [0.29, 0.717) is 23.7 Å². The van der Waals surface area contributed by atoms with Crippen LogP contribution in [0.1, 0.15) is 64.8 Å². The first-order chi connectivity index (χ1) is 13.4. The van der Waals surface area contributed by atoms with Crippen molar-refractivity contribution in [2.45, 2.75) is 63.2 Å². The van der Waals surface area contributed by atoms with Gasteiger partial charge in [-0.25, -0.2) is 0 Å². The molecule has 0 radical (unpaired) electrons. The normalized spacial score (nSPS) is 27.8. The SMILES string of the molecule is N[C@@H]1CCC[C@@H](NCc2ccc3c(c2)C(=O)N(C2CCC(=O)NC2=O)C3=O)C1. The van der Waals surface area contributed by atoms with Gasteiger partial charge < -0.3 is 11.1 Å². The molecule has 3 aliphatic rings. The molecule has 8 nitrogen and oxygen atoms in total. The van der Waals surface area contributed by atoms with Crippen LogP contribution < -0.4 is 16.4 Å². The average molecular weight is 384 g/mol. The fraction of sp³-hybridized carbons (Fsp3) is 0.500. The van der Waals surface area contributed by atoms with E-state index in [4.69, 9.17) is 5.73 Å². The molecule has 4 rings (SSSR count). The van der Waals surface area contributed by atoms with Crippen molar-refractivity contribution in [3.63, 3.8) is 0 Å². The summed E-state index contributed by atoms with van der Waals surface area (Å²) < 4.78 is 0. The van der Waals surface area contributed by atoms with Gasteiger partial charge in [-0.15, -0.1) is 0 Å². The lowest BCUT2D eigenvalue weighted by Crippen LogP contribution is -2.54. The Morgan fingerprint density at radius 2 is 1.86 bits per heavy atom. The highest BCUT2D eigenvalue weighted by molar-refractivity contribution is 6.23. The van der Waals surface area contributed by atoms with E-state index in [-0.39, 0.29) is 24.8 Å². The van der Waals surface area contributed by atoms with Crippen LogP contribution in [-0.4, -0.2) is 46.7 Å². The van der Waals surface area contributed by atoms with E-state index in [1.54, 1.807) is 12.1 Å². The van der Waals surface area contributed by atoms with Gasteiger partial charge >= 0.3 is 0 Å². The van der Waals surface area contributed by atoms with Crippen molar-refractivity contribution in [3.05, 3.63) is 34.9 Å². The first kappa shape index (κ1) is 18.8. The lowest BCUT2D eigenvalue weighted by atomic mass is 9.91. The average Bonchev–Trinajstić information content (AvgIpc) is 2.91. The van der Waals surface area contributed by atoms with Crippen LogP contribution in [-0.2, 0) is 16.1 Å². The predicted molar refractivity (Wildman–Crippen MR) is 100 cm³/mol. The highest BCUT2D eigenvalue weighted by atomic mass is 16.2. The molecule has 1 unspecified atom stereocenters. The summed E-state index contributed by atoms with van der Waals surface area (Å²) in [4.78, 5) is 50.0. The summed E-state index contributed by atoms with van der Waals surface area (Å²) >= 11 is 0. The molecule has 2 fully saturated rings. The maximum absolute atomic E-state index is 12.8. The number of hydrogen-bond acceptors (Lipinski definition) is 6. The number of nitrogens with one attached hydrogen (secondary N) is 2. The molecular weight excluding hydrogens is 360 g/mol. The van der Waals surface area contributed by atoms with Crippen LogP contribution in [0.25, 0.3) is 0 Å². The Hall–Kier alpha value is -2.58. The van der Waals surface area contributed by atoms with Gasteiger partial charge in [-0.1, -0.05) is 12.5 Å². The first-order valence-corrected chi connectivity index (χ1v) is 9.77. The molecule has 1 aliphatic carbocycles. The van der Waals surface area contributed by atoms with E-state index in [9.17, 15) is 19.2 Å². The minimum absolute atomic E-state index is 0.114. The van der Waals surface area contributed by atoms with Crippen LogP contribution in [0.4, 0.5) is 0 Å². The topological polar surface area (TPSA) is 122 Å². The zero-order chi connectivity index (χ0) is 19.8. The van der Waals surface area contributed by atoms with Gasteiger partial charge in [-0.05, 0) is 43.4 Å². The van der Waals surface area contributed by atoms with Crippen LogP contribution in [0.2, 0.25) is 0 Å². The van der Waals surface area contributed by atoms with Crippen molar-refractivity contribution in [1.82, 2.24) is 15.5 Å². The summed E-state index contributed by atoms with van der Waals surface area (Å²) in [6, 6.07) is 4.84. The van der Waals surface area contributed by atoms with Gasteiger partial charge in [0.25, 0.3) is 11.8 Å². The Balaban J connectivity index is 1.48. The molecule has 0 aromatic heterocycles.